The predicted molar refractivity (Wildman–Crippen MR) is 97.4 cm³/mol. The molecule has 4 N–H and O–H groups in total. The third-order valence-electron chi connectivity index (χ3n) is 3.86. The monoisotopic (exact) mass is 422 g/mol. The summed E-state index contributed by atoms with van der Waals surface area (Å²) in [5.41, 5.74) is 5.98. The van der Waals surface area contributed by atoms with Gasteiger partial charge in [0.25, 0.3) is 0 Å². The molecule has 6 nitrogen and oxygen atoms in total. The zero-order valence-electron chi connectivity index (χ0n) is 13.3. The van der Waals surface area contributed by atoms with Crippen LogP contribution < -0.4 is 15.8 Å². The lowest BCUT2D eigenvalue weighted by Gasteiger charge is -2.27. The van der Waals surface area contributed by atoms with E-state index in [1.807, 2.05) is 18.2 Å². The smallest absolute Gasteiger partial charge is 0.237 e. The molecule has 1 aromatic carbocycles. The molecule has 0 aliphatic carbocycles. The third kappa shape index (κ3) is 6.57. The zero-order chi connectivity index (χ0) is 16.7. The SMILES string of the molecule is Cl.NC(C(=O)NCC(O)COc1ccccc1Br)C1CCOCC1. The van der Waals surface area contributed by atoms with Gasteiger partial charge in [0.05, 0.1) is 10.5 Å². The van der Waals surface area contributed by atoms with Crippen LogP contribution in [0, 0.1) is 5.92 Å². The van der Waals surface area contributed by atoms with E-state index in [0.29, 0.717) is 19.0 Å². The second-order valence-corrected chi connectivity index (χ2v) is 6.47. The second-order valence-electron chi connectivity index (χ2n) is 5.62. The maximum absolute atomic E-state index is 12.0. The van der Waals surface area contributed by atoms with Crippen LogP contribution in [0.3, 0.4) is 0 Å². The van der Waals surface area contributed by atoms with Crippen molar-refractivity contribution in [1.29, 1.82) is 0 Å². The number of para-hydroxylation sites is 1. The molecule has 0 radical (unpaired) electrons. The summed E-state index contributed by atoms with van der Waals surface area (Å²) in [6.45, 7) is 1.50. The molecule has 0 spiro atoms. The van der Waals surface area contributed by atoms with Crippen LogP contribution in [0.15, 0.2) is 28.7 Å². The fraction of sp³-hybridized carbons (Fsp3) is 0.562. The van der Waals surface area contributed by atoms with Crippen molar-refractivity contribution in [1.82, 2.24) is 5.32 Å². The van der Waals surface area contributed by atoms with Crippen molar-refractivity contribution in [2.24, 2.45) is 11.7 Å². The highest BCUT2D eigenvalue weighted by Gasteiger charge is 2.26. The molecule has 1 fully saturated rings. The van der Waals surface area contributed by atoms with Gasteiger partial charge in [-0.2, -0.15) is 0 Å². The van der Waals surface area contributed by atoms with Crippen molar-refractivity contribution in [2.45, 2.75) is 25.0 Å². The highest BCUT2D eigenvalue weighted by atomic mass is 79.9. The molecule has 2 atom stereocenters. The molecule has 24 heavy (non-hydrogen) atoms. The minimum Gasteiger partial charge on any atom is -0.490 e. The number of aliphatic hydroxyl groups is 1. The minimum absolute atomic E-state index is 0. The summed E-state index contributed by atoms with van der Waals surface area (Å²) in [7, 11) is 0. The molecule has 8 heteroatoms. The number of nitrogens with one attached hydrogen (secondary N) is 1. The summed E-state index contributed by atoms with van der Waals surface area (Å²) in [5, 5.41) is 12.6. The lowest BCUT2D eigenvalue weighted by Crippen LogP contribution is -2.49. The number of halogens is 2. The summed E-state index contributed by atoms with van der Waals surface area (Å²) >= 11 is 3.37. The normalized spacial score (nSPS) is 17.5. The Balaban J connectivity index is 0.00000288. The topological polar surface area (TPSA) is 93.8 Å². The van der Waals surface area contributed by atoms with Gasteiger partial charge in [-0.05, 0) is 46.8 Å². The molecule has 1 saturated heterocycles. The van der Waals surface area contributed by atoms with Gasteiger partial charge in [-0.1, -0.05) is 12.1 Å². The highest BCUT2D eigenvalue weighted by Crippen LogP contribution is 2.23. The van der Waals surface area contributed by atoms with Gasteiger partial charge in [0, 0.05) is 19.8 Å². The van der Waals surface area contributed by atoms with Gasteiger partial charge in [0.2, 0.25) is 5.91 Å². The fourth-order valence-electron chi connectivity index (χ4n) is 2.43. The number of hydrogen-bond acceptors (Lipinski definition) is 5. The van der Waals surface area contributed by atoms with Gasteiger partial charge in [-0.15, -0.1) is 12.4 Å². The first-order chi connectivity index (χ1) is 11.1. The van der Waals surface area contributed by atoms with Crippen LogP contribution in [0.4, 0.5) is 0 Å². The van der Waals surface area contributed by atoms with E-state index in [2.05, 4.69) is 21.2 Å². The van der Waals surface area contributed by atoms with Gasteiger partial charge in [0.15, 0.2) is 0 Å². The first-order valence-corrected chi connectivity index (χ1v) is 8.53. The van der Waals surface area contributed by atoms with Crippen molar-refractivity contribution >= 4 is 34.2 Å². The molecular formula is C16H24BrClN2O4. The van der Waals surface area contributed by atoms with Crippen LogP contribution >= 0.6 is 28.3 Å². The number of benzene rings is 1. The molecule has 1 aromatic rings. The summed E-state index contributed by atoms with van der Waals surface area (Å²) < 4.78 is 11.6. The average molecular weight is 424 g/mol. The lowest BCUT2D eigenvalue weighted by atomic mass is 9.92. The molecule has 1 amide bonds. The Morgan fingerprint density at radius 3 is 2.75 bits per heavy atom. The van der Waals surface area contributed by atoms with Crippen LogP contribution in [0.1, 0.15) is 12.8 Å². The van der Waals surface area contributed by atoms with E-state index in [-0.39, 0.29) is 37.4 Å². The largest absolute Gasteiger partial charge is 0.490 e. The minimum atomic E-state index is -0.798. The Hall–Kier alpha value is -0.860. The van der Waals surface area contributed by atoms with Crippen molar-refractivity contribution in [2.75, 3.05) is 26.4 Å². The number of rotatable bonds is 7. The highest BCUT2D eigenvalue weighted by molar-refractivity contribution is 9.10. The number of nitrogens with two attached hydrogens (primary N) is 1. The van der Waals surface area contributed by atoms with E-state index in [0.717, 1.165) is 17.3 Å². The molecule has 2 unspecified atom stereocenters. The maximum Gasteiger partial charge on any atom is 0.237 e. The molecule has 0 bridgehead atoms. The van der Waals surface area contributed by atoms with E-state index in [1.165, 1.54) is 0 Å². The zero-order valence-corrected chi connectivity index (χ0v) is 15.7. The lowest BCUT2D eigenvalue weighted by molar-refractivity contribution is -0.124. The Morgan fingerprint density at radius 2 is 2.08 bits per heavy atom. The van der Waals surface area contributed by atoms with E-state index >= 15 is 0 Å². The molecule has 1 aliphatic rings. The van der Waals surface area contributed by atoms with Crippen molar-refractivity contribution in [3.8, 4) is 5.75 Å². The van der Waals surface area contributed by atoms with Gasteiger partial charge in [0.1, 0.15) is 18.5 Å². The van der Waals surface area contributed by atoms with Crippen molar-refractivity contribution < 1.29 is 19.4 Å². The Bertz CT molecular complexity index is 515. The first-order valence-electron chi connectivity index (χ1n) is 7.74. The number of amides is 1. The Kier molecular flexibility index (Phi) is 9.61. The third-order valence-corrected chi connectivity index (χ3v) is 4.51. The molecule has 1 heterocycles. The Morgan fingerprint density at radius 1 is 1.42 bits per heavy atom. The second kappa shape index (κ2) is 10.9. The molecular weight excluding hydrogens is 400 g/mol. The number of hydrogen-bond donors (Lipinski definition) is 3. The molecule has 2 rings (SSSR count). The van der Waals surface area contributed by atoms with E-state index in [1.54, 1.807) is 6.07 Å². The summed E-state index contributed by atoms with van der Waals surface area (Å²) in [6.07, 6.45) is 0.790. The van der Waals surface area contributed by atoms with Crippen molar-refractivity contribution in [3.63, 3.8) is 0 Å². The molecule has 0 saturated carbocycles. The maximum atomic E-state index is 12.0. The Labute approximate surface area is 156 Å². The summed E-state index contributed by atoms with van der Waals surface area (Å²) in [5.74, 6) is 0.547. The predicted octanol–water partition coefficient (Wildman–Crippen LogP) is 1.48. The van der Waals surface area contributed by atoms with Gasteiger partial charge < -0.3 is 25.6 Å². The number of carbonyl (C=O) groups is 1. The average Bonchev–Trinajstić information content (AvgIpc) is 2.59. The van der Waals surface area contributed by atoms with Crippen LogP contribution in [0.25, 0.3) is 0 Å². The number of carbonyl (C=O) groups excluding carboxylic acids is 1. The van der Waals surface area contributed by atoms with Gasteiger partial charge in [-0.25, -0.2) is 0 Å². The van der Waals surface area contributed by atoms with Crippen LogP contribution in [-0.4, -0.2) is 49.5 Å². The van der Waals surface area contributed by atoms with Crippen molar-refractivity contribution in [3.05, 3.63) is 28.7 Å². The fourth-order valence-corrected chi connectivity index (χ4v) is 2.83. The molecule has 136 valence electrons. The first kappa shape index (κ1) is 21.2. The number of ether oxygens (including phenoxy) is 2. The standard InChI is InChI=1S/C16H23BrN2O4.ClH/c17-13-3-1-2-4-14(13)23-10-12(20)9-19-16(21)15(18)11-5-7-22-8-6-11;/h1-4,11-12,15,20H,5-10,18H2,(H,19,21);1H. The summed E-state index contributed by atoms with van der Waals surface area (Å²) in [6, 6.07) is 6.83. The van der Waals surface area contributed by atoms with Crippen LogP contribution in [0.2, 0.25) is 0 Å². The van der Waals surface area contributed by atoms with E-state index < -0.39 is 12.1 Å². The van der Waals surface area contributed by atoms with Gasteiger partial charge in [-0.3, -0.25) is 4.79 Å². The quantitative estimate of drug-likeness (QED) is 0.618. The van der Waals surface area contributed by atoms with Crippen LogP contribution in [0.5, 0.6) is 5.75 Å². The molecule has 0 aromatic heterocycles. The summed E-state index contributed by atoms with van der Waals surface area (Å²) in [4.78, 5) is 12.0. The number of aliphatic hydroxyl groups excluding tert-OH is 1. The van der Waals surface area contributed by atoms with Gasteiger partial charge >= 0.3 is 0 Å². The molecule has 1 aliphatic heterocycles. The van der Waals surface area contributed by atoms with Crippen LogP contribution in [-0.2, 0) is 9.53 Å². The van der Waals surface area contributed by atoms with E-state index in [9.17, 15) is 9.90 Å². The van der Waals surface area contributed by atoms with E-state index in [4.69, 9.17) is 15.2 Å².